The van der Waals surface area contributed by atoms with Gasteiger partial charge in [-0.2, -0.15) is 0 Å². The van der Waals surface area contributed by atoms with Crippen LogP contribution in [0.3, 0.4) is 0 Å². The predicted molar refractivity (Wildman–Crippen MR) is 73.1 cm³/mol. The number of ether oxygens (including phenoxy) is 2. The Morgan fingerprint density at radius 2 is 1.94 bits per heavy atom. The van der Waals surface area contributed by atoms with Crippen LogP contribution in [-0.4, -0.2) is 32.4 Å². The molecule has 0 aromatic heterocycles. The lowest BCUT2D eigenvalue weighted by Crippen LogP contribution is -2.26. The fourth-order valence-corrected chi connectivity index (χ4v) is 2.15. The Morgan fingerprint density at radius 3 is 2.56 bits per heavy atom. The fraction of sp³-hybridized carbons (Fsp3) is 0.600. The smallest absolute Gasteiger partial charge is 0.119 e. The number of rotatable bonds is 5. The minimum absolute atomic E-state index is 0.320. The van der Waals surface area contributed by atoms with E-state index in [0.29, 0.717) is 12.1 Å². The molecule has 18 heavy (non-hydrogen) atoms. The van der Waals surface area contributed by atoms with E-state index >= 15 is 0 Å². The summed E-state index contributed by atoms with van der Waals surface area (Å²) in [6.45, 7) is 3.83. The summed E-state index contributed by atoms with van der Waals surface area (Å²) < 4.78 is 11.3. The minimum Gasteiger partial charge on any atom is -0.490 e. The molecule has 1 fully saturated rings. The Morgan fingerprint density at radius 1 is 1.28 bits per heavy atom. The molecule has 3 nitrogen and oxygen atoms in total. The van der Waals surface area contributed by atoms with Crippen molar-refractivity contribution in [3.8, 4) is 5.75 Å². The summed E-state index contributed by atoms with van der Waals surface area (Å²) in [7, 11) is 1.99. The molecule has 1 aliphatic heterocycles. The zero-order valence-electron chi connectivity index (χ0n) is 11.3. The number of benzene rings is 1. The summed E-state index contributed by atoms with van der Waals surface area (Å²) in [5, 5.41) is 3.25. The highest BCUT2D eigenvalue weighted by atomic mass is 16.5. The van der Waals surface area contributed by atoms with Crippen molar-refractivity contribution in [2.45, 2.75) is 38.3 Å². The van der Waals surface area contributed by atoms with Crippen molar-refractivity contribution in [2.75, 3.05) is 20.3 Å². The van der Waals surface area contributed by atoms with Gasteiger partial charge in [0, 0.05) is 18.9 Å². The molecule has 0 spiro atoms. The molecule has 1 aromatic carbocycles. The van der Waals surface area contributed by atoms with Crippen LogP contribution in [0, 0.1) is 0 Å². The first kappa shape index (κ1) is 13.4. The molecule has 1 saturated heterocycles. The SMILES string of the molecule is CNC(C)Cc1ccc(OC2CCOCC2)cc1. The first-order valence-electron chi connectivity index (χ1n) is 6.78. The Bertz CT molecular complexity index is 344. The van der Waals surface area contributed by atoms with Gasteiger partial charge in [-0.1, -0.05) is 12.1 Å². The maximum absolute atomic E-state index is 5.95. The van der Waals surface area contributed by atoms with Gasteiger partial charge < -0.3 is 14.8 Å². The number of likely N-dealkylation sites (N-methyl/N-ethyl adjacent to an activating group) is 1. The van der Waals surface area contributed by atoms with Crippen LogP contribution in [-0.2, 0) is 11.2 Å². The molecule has 1 N–H and O–H groups in total. The topological polar surface area (TPSA) is 30.5 Å². The van der Waals surface area contributed by atoms with Crippen molar-refractivity contribution in [3.63, 3.8) is 0 Å². The van der Waals surface area contributed by atoms with Gasteiger partial charge in [0.25, 0.3) is 0 Å². The van der Waals surface area contributed by atoms with Crippen molar-refractivity contribution in [1.82, 2.24) is 5.32 Å². The molecule has 3 heteroatoms. The molecular weight excluding hydrogens is 226 g/mol. The molecule has 0 bridgehead atoms. The summed E-state index contributed by atoms with van der Waals surface area (Å²) in [5.41, 5.74) is 1.34. The molecule has 1 atom stereocenters. The Hall–Kier alpha value is -1.06. The molecule has 0 amide bonds. The van der Waals surface area contributed by atoms with Crippen molar-refractivity contribution in [1.29, 1.82) is 0 Å². The molecule has 100 valence electrons. The second kappa shape index (κ2) is 6.76. The fourth-order valence-electron chi connectivity index (χ4n) is 2.15. The first-order valence-corrected chi connectivity index (χ1v) is 6.78. The minimum atomic E-state index is 0.320. The van der Waals surface area contributed by atoms with Gasteiger partial charge in [-0.25, -0.2) is 0 Å². The third kappa shape index (κ3) is 4.00. The second-order valence-electron chi connectivity index (χ2n) is 4.97. The molecule has 0 aliphatic carbocycles. The highest BCUT2D eigenvalue weighted by Crippen LogP contribution is 2.19. The highest BCUT2D eigenvalue weighted by molar-refractivity contribution is 5.28. The largest absolute Gasteiger partial charge is 0.490 e. The van der Waals surface area contributed by atoms with Gasteiger partial charge in [-0.05, 0) is 38.1 Å². The second-order valence-corrected chi connectivity index (χ2v) is 4.97. The standard InChI is InChI=1S/C15H23NO2/c1-12(16-2)11-13-3-5-14(6-4-13)18-15-7-9-17-10-8-15/h3-6,12,15-16H,7-11H2,1-2H3. The summed E-state index contributed by atoms with van der Waals surface area (Å²) in [5.74, 6) is 0.975. The Balaban J connectivity index is 1.86. The van der Waals surface area contributed by atoms with Crippen LogP contribution in [0.25, 0.3) is 0 Å². The quantitative estimate of drug-likeness (QED) is 0.869. The zero-order chi connectivity index (χ0) is 12.8. The van der Waals surface area contributed by atoms with Gasteiger partial charge >= 0.3 is 0 Å². The van der Waals surface area contributed by atoms with Crippen LogP contribution in [0.1, 0.15) is 25.3 Å². The van der Waals surface area contributed by atoms with Gasteiger partial charge in [0.2, 0.25) is 0 Å². The lowest BCUT2D eigenvalue weighted by Gasteiger charge is -2.23. The molecule has 1 aromatic rings. The molecule has 2 rings (SSSR count). The zero-order valence-corrected chi connectivity index (χ0v) is 11.3. The lowest BCUT2D eigenvalue weighted by molar-refractivity contribution is 0.0255. The van der Waals surface area contributed by atoms with Gasteiger partial charge in [-0.3, -0.25) is 0 Å². The van der Waals surface area contributed by atoms with E-state index in [0.717, 1.165) is 38.2 Å². The van der Waals surface area contributed by atoms with Crippen molar-refractivity contribution in [3.05, 3.63) is 29.8 Å². The molecule has 1 unspecified atom stereocenters. The predicted octanol–water partition coefficient (Wildman–Crippen LogP) is 2.39. The summed E-state index contributed by atoms with van der Waals surface area (Å²) in [6.07, 6.45) is 3.37. The van der Waals surface area contributed by atoms with Crippen LogP contribution in [0.15, 0.2) is 24.3 Å². The van der Waals surface area contributed by atoms with Gasteiger partial charge in [0.1, 0.15) is 11.9 Å². The Kier molecular flexibility index (Phi) is 5.02. The Labute approximate surface area is 109 Å². The van der Waals surface area contributed by atoms with Gasteiger partial charge in [0.05, 0.1) is 13.2 Å². The van der Waals surface area contributed by atoms with Crippen LogP contribution < -0.4 is 10.1 Å². The average molecular weight is 249 g/mol. The first-order chi connectivity index (χ1) is 8.78. The van der Waals surface area contributed by atoms with E-state index in [-0.39, 0.29) is 0 Å². The van der Waals surface area contributed by atoms with E-state index in [9.17, 15) is 0 Å². The van der Waals surface area contributed by atoms with Crippen molar-refractivity contribution in [2.24, 2.45) is 0 Å². The normalized spacial score (nSPS) is 18.6. The maximum atomic E-state index is 5.95. The van der Waals surface area contributed by atoms with Gasteiger partial charge in [-0.15, -0.1) is 0 Å². The van der Waals surface area contributed by atoms with E-state index in [4.69, 9.17) is 9.47 Å². The molecule has 0 saturated carbocycles. The number of hydrogen-bond donors (Lipinski definition) is 1. The third-order valence-electron chi connectivity index (χ3n) is 3.43. The van der Waals surface area contributed by atoms with Crippen LogP contribution in [0.5, 0.6) is 5.75 Å². The van der Waals surface area contributed by atoms with E-state index in [1.165, 1.54) is 5.56 Å². The molecular formula is C15H23NO2. The van der Waals surface area contributed by atoms with E-state index in [1.807, 2.05) is 7.05 Å². The number of nitrogens with one attached hydrogen (secondary N) is 1. The molecule has 1 heterocycles. The van der Waals surface area contributed by atoms with E-state index in [2.05, 4.69) is 36.5 Å². The van der Waals surface area contributed by atoms with Crippen LogP contribution in [0.2, 0.25) is 0 Å². The summed E-state index contributed by atoms with van der Waals surface area (Å²) in [4.78, 5) is 0. The highest BCUT2D eigenvalue weighted by Gasteiger charge is 2.15. The lowest BCUT2D eigenvalue weighted by atomic mass is 10.1. The molecule has 1 aliphatic rings. The molecule has 0 radical (unpaired) electrons. The summed E-state index contributed by atoms with van der Waals surface area (Å²) in [6, 6.07) is 8.97. The maximum Gasteiger partial charge on any atom is 0.119 e. The van der Waals surface area contributed by atoms with Crippen LogP contribution in [0.4, 0.5) is 0 Å². The summed E-state index contributed by atoms with van der Waals surface area (Å²) >= 11 is 0. The van der Waals surface area contributed by atoms with Crippen molar-refractivity contribution < 1.29 is 9.47 Å². The van der Waals surface area contributed by atoms with Crippen molar-refractivity contribution >= 4 is 0 Å². The monoisotopic (exact) mass is 249 g/mol. The van der Waals surface area contributed by atoms with Crippen LogP contribution >= 0.6 is 0 Å². The third-order valence-corrected chi connectivity index (χ3v) is 3.43. The van der Waals surface area contributed by atoms with E-state index < -0.39 is 0 Å². The number of hydrogen-bond acceptors (Lipinski definition) is 3. The average Bonchev–Trinajstić information content (AvgIpc) is 2.42. The van der Waals surface area contributed by atoms with E-state index in [1.54, 1.807) is 0 Å². The van der Waals surface area contributed by atoms with Gasteiger partial charge in [0.15, 0.2) is 0 Å².